The van der Waals surface area contributed by atoms with Gasteiger partial charge in [-0.1, -0.05) is 0 Å². The van der Waals surface area contributed by atoms with Crippen LogP contribution < -0.4 is 15.3 Å². The topological polar surface area (TPSA) is 51.0 Å². The SMILES string of the molecule is COc1ccc(OCCCCN2CCN(N)CC2)cc1. The molecule has 0 saturated carbocycles. The van der Waals surface area contributed by atoms with Crippen LogP contribution in [0.15, 0.2) is 24.3 Å². The number of nitrogens with two attached hydrogens (primary N) is 1. The van der Waals surface area contributed by atoms with Gasteiger partial charge in [0.15, 0.2) is 0 Å². The van der Waals surface area contributed by atoms with E-state index < -0.39 is 0 Å². The highest BCUT2D eigenvalue weighted by Crippen LogP contribution is 2.17. The first kappa shape index (κ1) is 15.1. The van der Waals surface area contributed by atoms with Gasteiger partial charge >= 0.3 is 0 Å². The highest BCUT2D eigenvalue weighted by atomic mass is 16.5. The van der Waals surface area contributed by atoms with Crippen LogP contribution in [0.1, 0.15) is 12.8 Å². The average Bonchev–Trinajstić information content (AvgIpc) is 2.49. The van der Waals surface area contributed by atoms with Crippen LogP contribution in [0.4, 0.5) is 0 Å². The molecule has 0 amide bonds. The van der Waals surface area contributed by atoms with Crippen molar-refractivity contribution in [3.8, 4) is 11.5 Å². The number of nitrogens with zero attached hydrogens (tertiary/aromatic N) is 2. The van der Waals surface area contributed by atoms with Gasteiger partial charge < -0.3 is 14.4 Å². The summed E-state index contributed by atoms with van der Waals surface area (Å²) in [6, 6.07) is 7.72. The van der Waals surface area contributed by atoms with E-state index in [0.29, 0.717) is 0 Å². The Bertz CT molecular complexity index is 375. The Labute approximate surface area is 121 Å². The number of hydrazine groups is 1. The van der Waals surface area contributed by atoms with Gasteiger partial charge in [-0.05, 0) is 43.7 Å². The van der Waals surface area contributed by atoms with Gasteiger partial charge in [0.2, 0.25) is 0 Å². The molecule has 1 saturated heterocycles. The first-order chi connectivity index (χ1) is 9.78. The summed E-state index contributed by atoms with van der Waals surface area (Å²) in [7, 11) is 1.67. The second-order valence-corrected chi connectivity index (χ2v) is 5.11. The zero-order valence-electron chi connectivity index (χ0n) is 12.3. The quantitative estimate of drug-likeness (QED) is 0.603. The molecule has 1 aromatic rings. The van der Waals surface area contributed by atoms with Crippen molar-refractivity contribution in [2.24, 2.45) is 5.84 Å². The Hall–Kier alpha value is -1.30. The molecule has 0 radical (unpaired) electrons. The average molecular weight is 279 g/mol. The summed E-state index contributed by atoms with van der Waals surface area (Å²) in [6.07, 6.45) is 2.25. The van der Waals surface area contributed by atoms with Crippen molar-refractivity contribution in [2.45, 2.75) is 12.8 Å². The minimum absolute atomic E-state index is 0.767. The van der Waals surface area contributed by atoms with Gasteiger partial charge in [-0.25, -0.2) is 5.01 Å². The molecule has 0 spiro atoms. The number of ether oxygens (including phenoxy) is 2. The highest BCUT2D eigenvalue weighted by molar-refractivity contribution is 5.31. The molecule has 0 aromatic heterocycles. The molecule has 1 aliphatic rings. The summed E-state index contributed by atoms with van der Waals surface area (Å²) in [5.41, 5.74) is 0. The van der Waals surface area contributed by atoms with Crippen LogP contribution in [0.2, 0.25) is 0 Å². The van der Waals surface area contributed by atoms with E-state index in [4.69, 9.17) is 15.3 Å². The van der Waals surface area contributed by atoms with E-state index >= 15 is 0 Å². The minimum atomic E-state index is 0.767. The third-order valence-electron chi connectivity index (χ3n) is 3.60. The smallest absolute Gasteiger partial charge is 0.119 e. The van der Waals surface area contributed by atoms with Crippen molar-refractivity contribution in [3.05, 3.63) is 24.3 Å². The number of piperazine rings is 1. The van der Waals surface area contributed by atoms with Crippen LogP contribution in [0.25, 0.3) is 0 Å². The molecule has 1 fully saturated rings. The lowest BCUT2D eigenvalue weighted by molar-refractivity contribution is 0.130. The molecule has 1 aliphatic heterocycles. The van der Waals surface area contributed by atoms with Gasteiger partial charge in [0.05, 0.1) is 13.7 Å². The standard InChI is InChI=1S/C15H25N3O2/c1-19-14-4-6-15(7-5-14)20-13-3-2-8-17-9-11-18(16)12-10-17/h4-7H,2-3,8-13,16H2,1H3. The van der Waals surface area contributed by atoms with Crippen LogP contribution in [0, 0.1) is 0 Å². The molecule has 112 valence electrons. The zero-order chi connectivity index (χ0) is 14.2. The Morgan fingerprint density at radius 3 is 2.30 bits per heavy atom. The lowest BCUT2D eigenvalue weighted by Gasteiger charge is -2.31. The fourth-order valence-corrected chi connectivity index (χ4v) is 2.29. The van der Waals surface area contributed by atoms with Crippen LogP contribution in [-0.2, 0) is 0 Å². The van der Waals surface area contributed by atoms with Gasteiger partial charge in [0, 0.05) is 26.2 Å². The zero-order valence-corrected chi connectivity index (χ0v) is 12.3. The fourth-order valence-electron chi connectivity index (χ4n) is 2.29. The van der Waals surface area contributed by atoms with E-state index in [-0.39, 0.29) is 0 Å². The van der Waals surface area contributed by atoms with E-state index in [9.17, 15) is 0 Å². The molecule has 0 aliphatic carbocycles. The molecule has 0 bridgehead atoms. The number of methoxy groups -OCH3 is 1. The summed E-state index contributed by atoms with van der Waals surface area (Å²) in [4.78, 5) is 2.47. The molecule has 2 rings (SSSR count). The van der Waals surface area contributed by atoms with Crippen molar-refractivity contribution in [1.82, 2.24) is 9.91 Å². The Kier molecular flexibility index (Phi) is 6.11. The number of hydrogen-bond donors (Lipinski definition) is 1. The Morgan fingerprint density at radius 1 is 1.00 bits per heavy atom. The van der Waals surface area contributed by atoms with E-state index in [1.165, 1.54) is 6.42 Å². The van der Waals surface area contributed by atoms with E-state index in [1.54, 1.807) is 7.11 Å². The number of hydrogen-bond acceptors (Lipinski definition) is 5. The van der Waals surface area contributed by atoms with Gasteiger partial charge in [-0.3, -0.25) is 5.84 Å². The summed E-state index contributed by atoms with van der Waals surface area (Å²) >= 11 is 0. The van der Waals surface area contributed by atoms with Crippen LogP contribution in [0.3, 0.4) is 0 Å². The van der Waals surface area contributed by atoms with Crippen molar-refractivity contribution in [1.29, 1.82) is 0 Å². The highest BCUT2D eigenvalue weighted by Gasteiger charge is 2.12. The maximum Gasteiger partial charge on any atom is 0.119 e. The van der Waals surface area contributed by atoms with Crippen molar-refractivity contribution in [2.75, 3.05) is 46.4 Å². The molecule has 5 nitrogen and oxygen atoms in total. The molecule has 20 heavy (non-hydrogen) atoms. The normalized spacial score (nSPS) is 17.1. The second kappa shape index (κ2) is 8.09. The first-order valence-corrected chi connectivity index (χ1v) is 7.27. The molecule has 2 N–H and O–H groups in total. The monoisotopic (exact) mass is 279 g/mol. The third kappa shape index (κ3) is 5.00. The number of benzene rings is 1. The summed E-state index contributed by atoms with van der Waals surface area (Å²) < 4.78 is 10.8. The maximum atomic E-state index is 5.74. The Morgan fingerprint density at radius 2 is 1.65 bits per heavy atom. The van der Waals surface area contributed by atoms with Gasteiger partial charge in [-0.15, -0.1) is 0 Å². The predicted octanol–water partition coefficient (Wildman–Crippen LogP) is 1.35. The molecule has 1 aromatic carbocycles. The summed E-state index contributed by atoms with van der Waals surface area (Å²) in [6.45, 7) is 6.01. The molecule has 0 unspecified atom stereocenters. The van der Waals surface area contributed by atoms with E-state index in [2.05, 4.69) is 4.90 Å². The first-order valence-electron chi connectivity index (χ1n) is 7.27. The summed E-state index contributed by atoms with van der Waals surface area (Å²) in [5, 5.41) is 1.89. The van der Waals surface area contributed by atoms with Gasteiger partial charge in [-0.2, -0.15) is 0 Å². The lowest BCUT2D eigenvalue weighted by atomic mass is 10.2. The van der Waals surface area contributed by atoms with Crippen molar-refractivity contribution >= 4 is 0 Å². The molecular formula is C15H25N3O2. The lowest BCUT2D eigenvalue weighted by Crippen LogP contribution is -2.49. The van der Waals surface area contributed by atoms with Crippen LogP contribution >= 0.6 is 0 Å². The molecule has 0 atom stereocenters. The second-order valence-electron chi connectivity index (χ2n) is 5.11. The van der Waals surface area contributed by atoms with Crippen molar-refractivity contribution < 1.29 is 9.47 Å². The fraction of sp³-hybridized carbons (Fsp3) is 0.600. The van der Waals surface area contributed by atoms with Gasteiger partial charge in [0.25, 0.3) is 0 Å². The minimum Gasteiger partial charge on any atom is -0.497 e. The van der Waals surface area contributed by atoms with Crippen LogP contribution in [-0.4, -0.2) is 56.3 Å². The molecular weight excluding hydrogens is 254 g/mol. The third-order valence-corrected chi connectivity index (χ3v) is 3.60. The Balaban J connectivity index is 1.55. The maximum absolute atomic E-state index is 5.74. The van der Waals surface area contributed by atoms with Gasteiger partial charge in [0.1, 0.15) is 11.5 Å². The molecule has 1 heterocycles. The molecule has 5 heteroatoms. The summed E-state index contributed by atoms with van der Waals surface area (Å²) in [5.74, 6) is 7.50. The largest absolute Gasteiger partial charge is 0.497 e. The van der Waals surface area contributed by atoms with Crippen molar-refractivity contribution in [3.63, 3.8) is 0 Å². The van der Waals surface area contributed by atoms with E-state index in [1.807, 2.05) is 29.3 Å². The number of unbranched alkanes of at least 4 members (excludes halogenated alkanes) is 1. The predicted molar refractivity (Wildman–Crippen MR) is 79.9 cm³/mol. The number of rotatable bonds is 7. The van der Waals surface area contributed by atoms with Crippen LogP contribution in [0.5, 0.6) is 11.5 Å². The van der Waals surface area contributed by atoms with E-state index in [0.717, 1.165) is 57.3 Å².